The van der Waals surface area contributed by atoms with Crippen LogP contribution < -0.4 is 10.0 Å². The van der Waals surface area contributed by atoms with Gasteiger partial charge in [0.15, 0.2) is 0 Å². The van der Waals surface area contributed by atoms with Crippen LogP contribution in [0.15, 0.2) is 15.7 Å². The Morgan fingerprint density at radius 1 is 1.33 bits per heavy atom. The third kappa shape index (κ3) is 4.50. The number of hydrogen-bond acceptors (Lipinski definition) is 5. The molecular weight excluding hydrogens is 308 g/mol. The molecule has 7 heteroatoms. The van der Waals surface area contributed by atoms with E-state index in [9.17, 15) is 8.42 Å². The first-order valence-electron chi connectivity index (χ1n) is 7.55. The van der Waals surface area contributed by atoms with Crippen molar-refractivity contribution in [2.75, 3.05) is 13.2 Å². The van der Waals surface area contributed by atoms with Gasteiger partial charge in [0.2, 0.25) is 10.0 Å². The fourth-order valence-corrected chi connectivity index (χ4v) is 4.74. The van der Waals surface area contributed by atoms with Crippen LogP contribution in [0.5, 0.6) is 0 Å². The van der Waals surface area contributed by atoms with Crippen LogP contribution in [0.3, 0.4) is 0 Å². The Morgan fingerprint density at radius 2 is 2.19 bits per heavy atom. The molecule has 1 saturated heterocycles. The summed E-state index contributed by atoms with van der Waals surface area (Å²) >= 11 is 1.29. The maximum Gasteiger partial charge on any atom is 0.250 e. The minimum Gasteiger partial charge on any atom is -0.378 e. The smallest absolute Gasteiger partial charge is 0.250 e. The van der Waals surface area contributed by atoms with Crippen molar-refractivity contribution in [2.45, 2.75) is 55.0 Å². The van der Waals surface area contributed by atoms with Gasteiger partial charge in [-0.15, -0.1) is 11.3 Å². The first kappa shape index (κ1) is 15.4. The second-order valence-electron chi connectivity index (χ2n) is 5.75. The van der Waals surface area contributed by atoms with Gasteiger partial charge in [-0.05, 0) is 49.1 Å². The predicted octanol–water partition coefficient (Wildman–Crippen LogP) is 1.85. The van der Waals surface area contributed by atoms with E-state index in [2.05, 4.69) is 10.0 Å². The summed E-state index contributed by atoms with van der Waals surface area (Å²) in [5.74, 6) is 0. The molecule has 2 aliphatic rings. The van der Waals surface area contributed by atoms with Crippen LogP contribution >= 0.6 is 11.3 Å². The van der Waals surface area contributed by atoms with Crippen molar-refractivity contribution in [2.24, 2.45) is 0 Å². The molecule has 0 radical (unpaired) electrons. The molecular formula is C14H22N2O3S2. The molecule has 1 aliphatic carbocycles. The van der Waals surface area contributed by atoms with Gasteiger partial charge in [-0.25, -0.2) is 13.1 Å². The van der Waals surface area contributed by atoms with Crippen LogP contribution in [0, 0.1) is 0 Å². The summed E-state index contributed by atoms with van der Waals surface area (Å²) in [6.07, 6.45) is 5.56. The number of nitrogens with one attached hydrogen (secondary N) is 2. The minimum absolute atomic E-state index is 0.217. The van der Waals surface area contributed by atoms with Crippen LogP contribution in [-0.4, -0.2) is 33.7 Å². The summed E-state index contributed by atoms with van der Waals surface area (Å²) in [6.45, 7) is 2.01. The van der Waals surface area contributed by atoms with Gasteiger partial charge in [-0.2, -0.15) is 0 Å². The van der Waals surface area contributed by atoms with Crippen molar-refractivity contribution in [1.29, 1.82) is 0 Å². The molecule has 1 aliphatic heterocycles. The van der Waals surface area contributed by atoms with Gasteiger partial charge in [0.05, 0.1) is 6.10 Å². The van der Waals surface area contributed by atoms with E-state index in [1.807, 2.05) is 5.38 Å². The standard InChI is InChI=1S/C14H22N2O3S2/c17-21(18,16-6-5-13-2-1-7-19-13)14-8-11(10-20-14)9-15-12-3-4-12/h8,10,12-13,15-16H,1-7,9H2. The Bertz CT molecular complexity index is 561. The summed E-state index contributed by atoms with van der Waals surface area (Å²) in [6, 6.07) is 2.41. The van der Waals surface area contributed by atoms with E-state index in [0.29, 0.717) is 16.8 Å². The maximum atomic E-state index is 12.2. The average Bonchev–Trinajstić information content (AvgIpc) is 2.93. The Morgan fingerprint density at radius 3 is 2.90 bits per heavy atom. The maximum absolute atomic E-state index is 12.2. The molecule has 1 atom stereocenters. The van der Waals surface area contributed by atoms with E-state index in [4.69, 9.17) is 4.74 Å². The molecule has 21 heavy (non-hydrogen) atoms. The van der Waals surface area contributed by atoms with Crippen LogP contribution in [0.4, 0.5) is 0 Å². The molecule has 1 aromatic rings. The molecule has 3 rings (SSSR count). The second-order valence-corrected chi connectivity index (χ2v) is 8.66. The Kier molecular flexibility index (Phi) is 4.96. The van der Waals surface area contributed by atoms with Gasteiger partial charge in [0.25, 0.3) is 0 Å². The first-order chi connectivity index (χ1) is 10.1. The average molecular weight is 330 g/mol. The number of sulfonamides is 1. The van der Waals surface area contributed by atoms with Crippen molar-refractivity contribution >= 4 is 21.4 Å². The lowest BCUT2D eigenvalue weighted by atomic mass is 10.2. The number of rotatable bonds is 8. The Labute approximate surface area is 130 Å². The zero-order valence-electron chi connectivity index (χ0n) is 12.0. The van der Waals surface area contributed by atoms with E-state index in [1.54, 1.807) is 6.07 Å². The molecule has 0 amide bonds. The molecule has 2 N–H and O–H groups in total. The molecule has 1 aromatic heterocycles. The quantitative estimate of drug-likeness (QED) is 0.763. The SMILES string of the molecule is O=S(=O)(NCCC1CCCO1)c1cc(CNC2CC2)cs1. The van der Waals surface area contributed by atoms with E-state index >= 15 is 0 Å². The van der Waals surface area contributed by atoms with E-state index in [-0.39, 0.29) is 6.10 Å². The van der Waals surface area contributed by atoms with Crippen molar-refractivity contribution in [1.82, 2.24) is 10.0 Å². The fraction of sp³-hybridized carbons (Fsp3) is 0.714. The van der Waals surface area contributed by atoms with Crippen LogP contribution in [0.1, 0.15) is 37.7 Å². The highest BCUT2D eigenvalue weighted by atomic mass is 32.2. The highest BCUT2D eigenvalue weighted by Crippen LogP contribution is 2.23. The Hall–Kier alpha value is -0.470. The fourth-order valence-electron chi connectivity index (χ4n) is 2.43. The van der Waals surface area contributed by atoms with Gasteiger partial charge >= 0.3 is 0 Å². The van der Waals surface area contributed by atoms with Gasteiger partial charge in [0, 0.05) is 25.7 Å². The molecule has 0 bridgehead atoms. The molecule has 1 saturated carbocycles. The number of thiophene rings is 1. The molecule has 5 nitrogen and oxygen atoms in total. The number of hydrogen-bond donors (Lipinski definition) is 2. The van der Waals surface area contributed by atoms with Crippen molar-refractivity contribution < 1.29 is 13.2 Å². The van der Waals surface area contributed by atoms with E-state index in [1.165, 1.54) is 24.2 Å². The van der Waals surface area contributed by atoms with E-state index in [0.717, 1.165) is 38.0 Å². The normalized spacial score (nSPS) is 22.8. The summed E-state index contributed by atoms with van der Waals surface area (Å²) in [7, 11) is -3.37. The van der Waals surface area contributed by atoms with Gasteiger partial charge in [-0.1, -0.05) is 0 Å². The first-order valence-corrected chi connectivity index (χ1v) is 9.92. The molecule has 0 spiro atoms. The molecule has 1 unspecified atom stereocenters. The van der Waals surface area contributed by atoms with Gasteiger partial charge in [0.1, 0.15) is 4.21 Å². The monoisotopic (exact) mass is 330 g/mol. The predicted molar refractivity (Wildman–Crippen MR) is 83.0 cm³/mol. The molecule has 0 aromatic carbocycles. The lowest BCUT2D eigenvalue weighted by Crippen LogP contribution is -2.26. The van der Waals surface area contributed by atoms with E-state index < -0.39 is 10.0 Å². The van der Waals surface area contributed by atoms with Crippen molar-refractivity contribution in [3.8, 4) is 0 Å². The highest BCUT2D eigenvalue weighted by Gasteiger charge is 2.22. The van der Waals surface area contributed by atoms with Crippen LogP contribution in [0.25, 0.3) is 0 Å². The zero-order chi connectivity index (χ0) is 14.7. The summed E-state index contributed by atoms with van der Waals surface area (Å²) in [5.41, 5.74) is 1.05. The summed E-state index contributed by atoms with van der Waals surface area (Å²) in [4.78, 5) is 0. The summed E-state index contributed by atoms with van der Waals surface area (Å²) < 4.78 is 33.0. The molecule has 118 valence electrons. The third-order valence-electron chi connectivity index (χ3n) is 3.85. The summed E-state index contributed by atoms with van der Waals surface area (Å²) in [5, 5.41) is 5.31. The number of ether oxygens (including phenoxy) is 1. The van der Waals surface area contributed by atoms with Gasteiger partial charge in [-0.3, -0.25) is 0 Å². The van der Waals surface area contributed by atoms with Crippen molar-refractivity contribution in [3.63, 3.8) is 0 Å². The lowest BCUT2D eigenvalue weighted by molar-refractivity contribution is 0.105. The van der Waals surface area contributed by atoms with Gasteiger partial charge < -0.3 is 10.1 Å². The second kappa shape index (κ2) is 6.75. The minimum atomic E-state index is -3.37. The molecule has 2 heterocycles. The topological polar surface area (TPSA) is 67.4 Å². The lowest BCUT2D eigenvalue weighted by Gasteiger charge is -2.09. The van der Waals surface area contributed by atoms with Crippen molar-refractivity contribution in [3.05, 3.63) is 17.0 Å². The third-order valence-corrected chi connectivity index (χ3v) is 6.80. The Balaban J connectivity index is 1.48. The highest BCUT2D eigenvalue weighted by molar-refractivity contribution is 7.91. The van der Waals surface area contributed by atoms with Crippen LogP contribution in [0.2, 0.25) is 0 Å². The zero-order valence-corrected chi connectivity index (χ0v) is 13.6. The largest absolute Gasteiger partial charge is 0.378 e. The van der Waals surface area contributed by atoms with Crippen LogP contribution in [-0.2, 0) is 21.3 Å². The molecule has 2 fully saturated rings.